The van der Waals surface area contributed by atoms with Crippen molar-refractivity contribution in [2.24, 2.45) is 11.7 Å². The molecule has 0 aliphatic rings. The monoisotopic (exact) mass is 575 g/mol. The van der Waals surface area contributed by atoms with Crippen LogP contribution in [0.5, 0.6) is 0 Å². The average molecular weight is 576 g/mol. The fourth-order valence-corrected chi connectivity index (χ4v) is 6.52. The van der Waals surface area contributed by atoms with E-state index in [-0.39, 0.29) is 11.8 Å². The highest BCUT2D eigenvalue weighted by atomic mass is 32.1. The van der Waals surface area contributed by atoms with E-state index in [1.807, 2.05) is 31.1 Å². The Kier molecular flexibility index (Phi) is 10.6. The summed E-state index contributed by atoms with van der Waals surface area (Å²) >= 11 is 3.40. The SMILES string of the molecule is CCCN(C)Cc1ncc(-c2ccc(-c3ccc(-c4cnc(CN(CCC)C(=O)[C@@H](N)C(C)C)s4)cc3)cc2)s1. The third kappa shape index (κ3) is 7.63. The highest BCUT2D eigenvalue weighted by Gasteiger charge is 2.24. The molecule has 0 saturated carbocycles. The quantitative estimate of drug-likeness (QED) is 0.183. The summed E-state index contributed by atoms with van der Waals surface area (Å²) in [5, 5.41) is 2.08. The lowest BCUT2D eigenvalue weighted by Gasteiger charge is -2.26. The van der Waals surface area contributed by atoms with Gasteiger partial charge in [-0.25, -0.2) is 9.97 Å². The smallest absolute Gasteiger partial charge is 0.240 e. The molecule has 6 nitrogen and oxygen atoms in total. The van der Waals surface area contributed by atoms with Crippen LogP contribution in [0, 0.1) is 5.92 Å². The van der Waals surface area contributed by atoms with Crippen molar-refractivity contribution in [3.63, 3.8) is 0 Å². The van der Waals surface area contributed by atoms with Gasteiger partial charge >= 0.3 is 0 Å². The Hall–Kier alpha value is -2.91. The first-order valence-electron chi connectivity index (χ1n) is 14.1. The molecule has 212 valence electrons. The Morgan fingerprint density at radius 1 is 0.775 bits per heavy atom. The second-order valence-electron chi connectivity index (χ2n) is 10.7. The Bertz CT molecular complexity index is 1360. The number of rotatable bonds is 13. The summed E-state index contributed by atoms with van der Waals surface area (Å²) in [6, 6.07) is 16.8. The molecule has 2 N–H and O–H groups in total. The molecule has 1 amide bonds. The topological polar surface area (TPSA) is 75.4 Å². The number of benzene rings is 2. The third-order valence-corrected chi connectivity index (χ3v) is 8.99. The number of carbonyl (C=O) groups is 1. The van der Waals surface area contributed by atoms with Gasteiger partial charge in [0, 0.05) is 18.9 Å². The molecule has 0 aliphatic carbocycles. The van der Waals surface area contributed by atoms with Crippen LogP contribution in [-0.2, 0) is 17.9 Å². The summed E-state index contributed by atoms with van der Waals surface area (Å²) in [6.45, 7) is 11.4. The summed E-state index contributed by atoms with van der Waals surface area (Å²) in [7, 11) is 2.15. The fourth-order valence-electron chi connectivity index (χ4n) is 4.58. The Balaban J connectivity index is 1.41. The summed E-state index contributed by atoms with van der Waals surface area (Å²) in [5.41, 5.74) is 10.8. The van der Waals surface area contributed by atoms with Gasteiger partial charge in [-0.15, -0.1) is 22.7 Å². The van der Waals surface area contributed by atoms with E-state index >= 15 is 0 Å². The first-order valence-corrected chi connectivity index (χ1v) is 15.8. The molecule has 2 aromatic heterocycles. The second kappa shape index (κ2) is 14.1. The number of nitrogens with zero attached hydrogens (tertiary/aromatic N) is 4. The van der Waals surface area contributed by atoms with Gasteiger partial charge in [-0.3, -0.25) is 9.69 Å². The third-order valence-electron chi connectivity index (χ3n) is 6.92. The molecule has 8 heteroatoms. The van der Waals surface area contributed by atoms with Crippen molar-refractivity contribution >= 4 is 28.6 Å². The Morgan fingerprint density at radius 2 is 1.23 bits per heavy atom. The maximum atomic E-state index is 12.9. The summed E-state index contributed by atoms with van der Waals surface area (Å²) < 4.78 is 0. The lowest BCUT2D eigenvalue weighted by molar-refractivity contribution is -0.134. The average Bonchev–Trinajstić information content (AvgIpc) is 3.62. The van der Waals surface area contributed by atoms with Gasteiger partial charge in [-0.2, -0.15) is 0 Å². The van der Waals surface area contributed by atoms with Crippen LogP contribution < -0.4 is 5.73 Å². The van der Waals surface area contributed by atoms with E-state index in [2.05, 4.69) is 84.3 Å². The van der Waals surface area contributed by atoms with Crippen molar-refractivity contribution in [2.45, 2.75) is 59.7 Å². The molecule has 0 aliphatic heterocycles. The minimum absolute atomic E-state index is 0.000619. The minimum Gasteiger partial charge on any atom is -0.335 e. The number of thiazole rings is 2. The van der Waals surface area contributed by atoms with E-state index in [1.165, 1.54) is 21.6 Å². The van der Waals surface area contributed by atoms with Gasteiger partial charge in [-0.05, 0) is 54.6 Å². The molecular weight excluding hydrogens is 535 g/mol. The van der Waals surface area contributed by atoms with Crippen LogP contribution in [0.25, 0.3) is 32.0 Å². The van der Waals surface area contributed by atoms with Crippen molar-refractivity contribution in [1.82, 2.24) is 19.8 Å². The summed E-state index contributed by atoms with van der Waals surface area (Å²) in [6.07, 6.45) is 5.93. The highest BCUT2D eigenvalue weighted by molar-refractivity contribution is 7.15. The van der Waals surface area contributed by atoms with E-state index in [4.69, 9.17) is 5.73 Å². The van der Waals surface area contributed by atoms with Crippen LogP contribution in [0.4, 0.5) is 0 Å². The fraction of sp³-hybridized carbons (Fsp3) is 0.406. The lowest BCUT2D eigenvalue weighted by Crippen LogP contribution is -2.46. The first-order chi connectivity index (χ1) is 19.3. The molecular formula is C32H41N5OS2. The number of amides is 1. The molecule has 0 saturated heterocycles. The molecule has 2 aromatic carbocycles. The van der Waals surface area contributed by atoms with E-state index in [1.54, 1.807) is 22.7 Å². The molecule has 0 unspecified atom stereocenters. The highest BCUT2D eigenvalue weighted by Crippen LogP contribution is 2.32. The molecule has 0 bridgehead atoms. The molecule has 4 rings (SSSR count). The van der Waals surface area contributed by atoms with Crippen molar-refractivity contribution < 1.29 is 4.79 Å². The van der Waals surface area contributed by atoms with Crippen molar-refractivity contribution in [3.8, 4) is 32.0 Å². The van der Waals surface area contributed by atoms with Crippen LogP contribution in [0.1, 0.15) is 50.6 Å². The van der Waals surface area contributed by atoms with Crippen molar-refractivity contribution in [2.75, 3.05) is 20.1 Å². The zero-order valence-corrected chi connectivity index (χ0v) is 25.9. The molecule has 2 heterocycles. The number of carbonyl (C=O) groups excluding carboxylic acids is 1. The zero-order valence-electron chi connectivity index (χ0n) is 24.3. The first kappa shape index (κ1) is 30.1. The van der Waals surface area contributed by atoms with Crippen LogP contribution in [-0.4, -0.2) is 51.9 Å². The lowest BCUT2D eigenvalue weighted by atomic mass is 10.0. The van der Waals surface area contributed by atoms with Crippen LogP contribution in [0.15, 0.2) is 60.9 Å². The van der Waals surface area contributed by atoms with Gasteiger partial charge in [0.05, 0.1) is 28.9 Å². The standard InChI is InChI=1S/C32H41N5OS2/c1-6-16-36(5)20-29-34-18-27(39-29)25-12-8-23(9-13-25)24-10-14-26(15-11-24)28-19-35-30(40-28)21-37(17-7-2)32(38)31(33)22(3)4/h8-15,18-19,22,31H,6-7,16-17,20-21,33H2,1-5H3/t31-/m0/s1. The normalized spacial score (nSPS) is 12.3. The van der Waals surface area contributed by atoms with E-state index < -0.39 is 6.04 Å². The van der Waals surface area contributed by atoms with Gasteiger partial charge in [-0.1, -0.05) is 76.2 Å². The molecule has 0 fully saturated rings. The second-order valence-corrected chi connectivity index (χ2v) is 12.9. The maximum Gasteiger partial charge on any atom is 0.240 e. The van der Waals surface area contributed by atoms with Crippen LogP contribution >= 0.6 is 22.7 Å². The van der Waals surface area contributed by atoms with Crippen molar-refractivity contribution in [3.05, 3.63) is 70.9 Å². The Morgan fingerprint density at radius 3 is 1.68 bits per heavy atom. The van der Waals surface area contributed by atoms with E-state index in [0.717, 1.165) is 46.4 Å². The van der Waals surface area contributed by atoms with Crippen LogP contribution in [0.2, 0.25) is 0 Å². The maximum absolute atomic E-state index is 12.9. The molecule has 0 spiro atoms. The van der Waals surface area contributed by atoms with Gasteiger partial charge in [0.1, 0.15) is 10.0 Å². The van der Waals surface area contributed by atoms with Gasteiger partial charge < -0.3 is 10.6 Å². The predicted octanol–water partition coefficient (Wildman–Crippen LogP) is 7.16. The molecule has 0 radical (unpaired) electrons. The summed E-state index contributed by atoms with van der Waals surface area (Å²) in [4.78, 5) is 28.6. The summed E-state index contributed by atoms with van der Waals surface area (Å²) in [5.74, 6) is 0.107. The number of aromatic nitrogens is 2. The van der Waals surface area contributed by atoms with Gasteiger partial charge in [0.25, 0.3) is 0 Å². The van der Waals surface area contributed by atoms with Gasteiger partial charge in [0.2, 0.25) is 5.91 Å². The number of hydrogen-bond acceptors (Lipinski definition) is 7. The molecule has 40 heavy (non-hydrogen) atoms. The van der Waals surface area contributed by atoms with E-state index in [0.29, 0.717) is 13.1 Å². The molecule has 1 atom stereocenters. The van der Waals surface area contributed by atoms with Crippen molar-refractivity contribution in [1.29, 1.82) is 0 Å². The minimum atomic E-state index is -0.482. The van der Waals surface area contributed by atoms with Crippen LogP contribution in [0.3, 0.4) is 0 Å². The largest absolute Gasteiger partial charge is 0.335 e. The number of hydrogen-bond donors (Lipinski definition) is 1. The Labute approximate surface area is 246 Å². The van der Waals surface area contributed by atoms with Gasteiger partial charge in [0.15, 0.2) is 0 Å². The molecule has 4 aromatic rings. The zero-order chi connectivity index (χ0) is 28.6. The van der Waals surface area contributed by atoms with E-state index in [9.17, 15) is 4.79 Å². The number of nitrogens with two attached hydrogens (primary N) is 1. The predicted molar refractivity (Wildman–Crippen MR) is 169 cm³/mol.